The first-order chi connectivity index (χ1) is 3.31. The topological polar surface area (TPSA) is 24.4 Å². The molecule has 7 heavy (non-hydrogen) atoms. The van der Waals surface area contributed by atoms with Crippen LogP contribution in [0.3, 0.4) is 0 Å². The second-order valence-electron chi connectivity index (χ2n) is 0.942. The molecule has 3 heteroatoms. The molecule has 0 aromatic carbocycles. The Morgan fingerprint density at radius 1 is 1.86 bits per heavy atom. The fraction of sp³-hybridized carbons (Fsp3) is 0.500. The van der Waals surface area contributed by atoms with E-state index >= 15 is 0 Å². The Hall–Kier alpha value is -0.440. The van der Waals surface area contributed by atoms with Gasteiger partial charge in [0.15, 0.2) is 5.11 Å². The van der Waals surface area contributed by atoms with Crippen molar-refractivity contribution in [2.24, 2.45) is 4.99 Å². The molecule has 0 atom stereocenters. The van der Waals surface area contributed by atoms with Crippen LogP contribution < -0.4 is 5.32 Å². The third-order valence-electron chi connectivity index (χ3n) is 0.460. The summed E-state index contributed by atoms with van der Waals surface area (Å²) < 4.78 is 0. The summed E-state index contributed by atoms with van der Waals surface area (Å²) in [5, 5.41) is 3.23. The summed E-state index contributed by atoms with van der Waals surface area (Å²) in [6.07, 6.45) is 1.65. The van der Waals surface area contributed by atoms with Gasteiger partial charge in [0.25, 0.3) is 0 Å². The highest BCUT2D eigenvalue weighted by molar-refractivity contribution is 7.80. The molecule has 0 bridgehead atoms. The van der Waals surface area contributed by atoms with Crippen LogP contribution in [0.2, 0.25) is 0 Å². The van der Waals surface area contributed by atoms with Crippen LogP contribution in [0.5, 0.6) is 0 Å². The lowest BCUT2D eigenvalue weighted by Crippen LogP contribution is -2.11. The van der Waals surface area contributed by atoms with Crippen molar-refractivity contribution in [1.82, 2.24) is 5.32 Å². The molecule has 0 aliphatic heterocycles. The third kappa shape index (κ3) is 3.39. The molecule has 0 heterocycles. The molecule has 0 saturated heterocycles. The van der Waals surface area contributed by atoms with Gasteiger partial charge in [-0.2, -0.15) is 0 Å². The molecule has 0 amide bonds. The van der Waals surface area contributed by atoms with E-state index < -0.39 is 0 Å². The van der Waals surface area contributed by atoms with Crippen molar-refractivity contribution in [3.8, 4) is 0 Å². The summed E-state index contributed by atoms with van der Waals surface area (Å²) >= 11 is 4.65. The summed E-state index contributed by atoms with van der Waals surface area (Å²) in [6, 6.07) is 0. The molecule has 2 nitrogen and oxygen atoms in total. The van der Waals surface area contributed by atoms with Crippen molar-refractivity contribution < 1.29 is 0 Å². The molecule has 0 rings (SSSR count). The molecule has 1 N–H and O–H groups in total. The highest BCUT2D eigenvalue weighted by atomic mass is 32.1. The lowest BCUT2D eigenvalue weighted by molar-refractivity contribution is 1.18. The fourth-order valence-electron chi connectivity index (χ4n) is 0.182. The summed E-state index contributed by atoms with van der Waals surface area (Å²) in [4.78, 5) is 3.74. The maximum atomic E-state index is 4.65. The van der Waals surface area contributed by atoms with Crippen LogP contribution in [0, 0.1) is 0 Å². The predicted octanol–water partition coefficient (Wildman–Crippen LogP) is 0.581. The van der Waals surface area contributed by atoms with Gasteiger partial charge in [-0.05, 0) is 19.1 Å². The zero-order valence-electron chi connectivity index (χ0n) is 4.43. The first-order valence-corrected chi connectivity index (χ1v) is 2.42. The van der Waals surface area contributed by atoms with Crippen LogP contribution in [0.1, 0.15) is 6.92 Å². The minimum atomic E-state index is 0.530. The standard InChI is InChI=1S/C4H8N2S/c1-3-6-4(7)5-2/h3H,1-2H3,(H,5,7). The van der Waals surface area contributed by atoms with Crippen LogP contribution in [0.15, 0.2) is 4.99 Å². The fourth-order valence-corrected chi connectivity index (χ4v) is 0.287. The number of rotatable bonds is 0. The molecule has 0 fully saturated rings. The van der Waals surface area contributed by atoms with Crippen molar-refractivity contribution in [1.29, 1.82) is 0 Å². The smallest absolute Gasteiger partial charge is 0.192 e. The molecular weight excluding hydrogens is 108 g/mol. The number of hydrogen-bond acceptors (Lipinski definition) is 1. The van der Waals surface area contributed by atoms with Crippen molar-refractivity contribution in [2.75, 3.05) is 7.05 Å². The van der Waals surface area contributed by atoms with Gasteiger partial charge >= 0.3 is 0 Å². The highest BCUT2D eigenvalue weighted by Crippen LogP contribution is 1.67. The number of hydrogen-bond donors (Lipinski definition) is 1. The quantitative estimate of drug-likeness (QED) is 0.370. The van der Waals surface area contributed by atoms with E-state index in [-0.39, 0.29) is 0 Å². The molecule has 0 aliphatic rings. The number of thiocarbonyl (C=S) groups is 1. The first kappa shape index (κ1) is 6.56. The van der Waals surface area contributed by atoms with Crippen LogP contribution >= 0.6 is 12.2 Å². The van der Waals surface area contributed by atoms with Gasteiger partial charge < -0.3 is 5.32 Å². The van der Waals surface area contributed by atoms with Gasteiger partial charge in [0.05, 0.1) is 0 Å². The Kier molecular flexibility index (Phi) is 3.50. The molecule has 0 aliphatic carbocycles. The van der Waals surface area contributed by atoms with E-state index in [2.05, 4.69) is 22.5 Å². The lowest BCUT2D eigenvalue weighted by Gasteiger charge is -1.88. The van der Waals surface area contributed by atoms with Gasteiger partial charge in [-0.25, -0.2) is 4.99 Å². The zero-order chi connectivity index (χ0) is 5.70. The largest absolute Gasteiger partial charge is 0.364 e. The Morgan fingerprint density at radius 2 is 2.43 bits per heavy atom. The van der Waals surface area contributed by atoms with E-state index in [1.165, 1.54) is 0 Å². The molecule has 0 aromatic rings. The summed E-state index contributed by atoms with van der Waals surface area (Å²) in [5.41, 5.74) is 0. The third-order valence-corrected chi connectivity index (χ3v) is 0.770. The SMILES string of the molecule is CC=NC(=S)NC. The van der Waals surface area contributed by atoms with Gasteiger partial charge in [0.2, 0.25) is 0 Å². The van der Waals surface area contributed by atoms with Crippen LogP contribution in [-0.2, 0) is 0 Å². The first-order valence-electron chi connectivity index (χ1n) is 2.01. The van der Waals surface area contributed by atoms with E-state index in [4.69, 9.17) is 0 Å². The van der Waals surface area contributed by atoms with Crippen molar-refractivity contribution in [3.05, 3.63) is 0 Å². The van der Waals surface area contributed by atoms with Crippen molar-refractivity contribution >= 4 is 23.5 Å². The molecule has 40 valence electrons. The molecule has 0 radical (unpaired) electrons. The normalized spacial score (nSPS) is 9.43. The van der Waals surface area contributed by atoms with Crippen LogP contribution in [0.4, 0.5) is 0 Å². The monoisotopic (exact) mass is 116 g/mol. The number of aliphatic imine (C=N–C) groups is 1. The Balaban J connectivity index is 3.37. The van der Waals surface area contributed by atoms with E-state index in [0.29, 0.717) is 5.11 Å². The molecule has 0 aromatic heterocycles. The number of nitrogens with zero attached hydrogens (tertiary/aromatic N) is 1. The van der Waals surface area contributed by atoms with E-state index in [9.17, 15) is 0 Å². The average Bonchev–Trinajstić information content (AvgIpc) is 1.68. The average molecular weight is 116 g/mol. The van der Waals surface area contributed by atoms with Crippen LogP contribution in [-0.4, -0.2) is 18.4 Å². The predicted molar refractivity (Wildman–Crippen MR) is 35.8 cm³/mol. The number of nitrogens with one attached hydrogen (secondary N) is 1. The van der Waals surface area contributed by atoms with Crippen molar-refractivity contribution in [2.45, 2.75) is 6.92 Å². The molecule has 0 saturated carbocycles. The summed E-state index contributed by atoms with van der Waals surface area (Å²) in [6.45, 7) is 1.82. The van der Waals surface area contributed by atoms with E-state index in [0.717, 1.165) is 0 Å². The second-order valence-corrected chi connectivity index (χ2v) is 1.33. The summed E-state index contributed by atoms with van der Waals surface area (Å²) in [5.74, 6) is 0. The summed E-state index contributed by atoms with van der Waals surface area (Å²) in [7, 11) is 1.75. The zero-order valence-corrected chi connectivity index (χ0v) is 5.25. The minimum absolute atomic E-state index is 0.530. The second kappa shape index (κ2) is 3.74. The maximum absolute atomic E-state index is 4.65. The Morgan fingerprint density at radius 3 is 2.57 bits per heavy atom. The van der Waals surface area contributed by atoms with E-state index in [1.54, 1.807) is 13.3 Å². The maximum Gasteiger partial charge on any atom is 0.192 e. The van der Waals surface area contributed by atoms with E-state index in [1.807, 2.05) is 6.92 Å². The minimum Gasteiger partial charge on any atom is -0.364 e. The van der Waals surface area contributed by atoms with Gasteiger partial charge in [0.1, 0.15) is 0 Å². The lowest BCUT2D eigenvalue weighted by atomic mass is 10.9. The van der Waals surface area contributed by atoms with Gasteiger partial charge in [-0.15, -0.1) is 0 Å². The highest BCUT2D eigenvalue weighted by Gasteiger charge is 1.76. The molecular formula is C4H8N2S. The van der Waals surface area contributed by atoms with Gasteiger partial charge in [-0.3, -0.25) is 0 Å². The molecule has 0 spiro atoms. The Bertz CT molecular complexity index is 87.7. The van der Waals surface area contributed by atoms with Crippen LogP contribution in [0.25, 0.3) is 0 Å². The van der Waals surface area contributed by atoms with Gasteiger partial charge in [0, 0.05) is 13.3 Å². The van der Waals surface area contributed by atoms with Crippen molar-refractivity contribution in [3.63, 3.8) is 0 Å². The molecule has 0 unspecified atom stereocenters. The van der Waals surface area contributed by atoms with Gasteiger partial charge in [-0.1, -0.05) is 0 Å². The Labute approximate surface area is 48.6 Å².